The molecule has 1 saturated heterocycles. The van der Waals surface area contributed by atoms with Crippen LogP contribution in [0.2, 0.25) is 0 Å². The van der Waals surface area contributed by atoms with Gasteiger partial charge in [-0.15, -0.1) is 11.3 Å². The van der Waals surface area contributed by atoms with E-state index < -0.39 is 0 Å². The van der Waals surface area contributed by atoms with Crippen LogP contribution in [-0.2, 0) is 6.54 Å². The summed E-state index contributed by atoms with van der Waals surface area (Å²) in [5.41, 5.74) is 7.63. The number of rotatable bonds is 4. The van der Waals surface area contributed by atoms with E-state index in [9.17, 15) is 4.79 Å². The zero-order chi connectivity index (χ0) is 14.7. The molecule has 4 N–H and O–H groups in total. The Morgan fingerprint density at radius 3 is 3.00 bits per heavy atom. The molecule has 2 aromatic rings. The minimum atomic E-state index is -0.181. The van der Waals surface area contributed by atoms with Crippen LogP contribution in [0.5, 0.6) is 0 Å². The lowest BCUT2D eigenvalue weighted by molar-refractivity contribution is 0.0956. The summed E-state index contributed by atoms with van der Waals surface area (Å²) in [6.45, 7) is 4.08. The average molecular weight is 324 g/mol. The van der Waals surface area contributed by atoms with E-state index in [0.29, 0.717) is 17.2 Å². The third-order valence-corrected chi connectivity index (χ3v) is 5.05. The number of nitrogen functional groups attached to an aromatic ring is 1. The lowest BCUT2D eigenvalue weighted by atomic mass is 10.4. The van der Waals surface area contributed by atoms with E-state index in [0.717, 1.165) is 36.2 Å². The van der Waals surface area contributed by atoms with E-state index >= 15 is 0 Å². The Kier molecular flexibility index (Phi) is 4.32. The second-order valence-corrected chi connectivity index (χ2v) is 6.55. The highest BCUT2D eigenvalue weighted by molar-refractivity contribution is 7.18. The summed E-state index contributed by atoms with van der Waals surface area (Å²) >= 11 is 2.86. The zero-order valence-corrected chi connectivity index (χ0v) is 13.0. The van der Waals surface area contributed by atoms with Gasteiger partial charge < -0.3 is 21.3 Å². The van der Waals surface area contributed by atoms with Gasteiger partial charge in [0.1, 0.15) is 10.7 Å². The van der Waals surface area contributed by atoms with Gasteiger partial charge >= 0.3 is 0 Å². The molecule has 0 spiro atoms. The highest BCUT2D eigenvalue weighted by Crippen LogP contribution is 2.28. The van der Waals surface area contributed by atoms with Crippen LogP contribution in [0.25, 0.3) is 0 Å². The number of hydrogen-bond donors (Lipinski definition) is 3. The third kappa shape index (κ3) is 3.31. The first kappa shape index (κ1) is 14.2. The second-order valence-electron chi connectivity index (χ2n) is 4.60. The van der Waals surface area contributed by atoms with Crippen LogP contribution in [-0.4, -0.2) is 42.1 Å². The number of thiazole rings is 2. The Morgan fingerprint density at radius 2 is 2.29 bits per heavy atom. The molecule has 3 rings (SSSR count). The molecule has 112 valence electrons. The van der Waals surface area contributed by atoms with Crippen molar-refractivity contribution in [1.82, 2.24) is 20.6 Å². The van der Waals surface area contributed by atoms with Crippen LogP contribution in [0.4, 0.5) is 10.9 Å². The Labute approximate surface area is 130 Å². The number of carbonyl (C=O) groups excluding carboxylic acids is 1. The predicted octanol–water partition coefficient (Wildman–Crippen LogP) is 0.521. The number of nitrogens with zero attached hydrogens (tertiary/aromatic N) is 3. The fraction of sp³-hybridized carbons (Fsp3) is 0.417. The van der Waals surface area contributed by atoms with E-state index in [-0.39, 0.29) is 5.91 Å². The molecule has 0 aromatic carbocycles. The Bertz CT molecular complexity index is 605. The normalized spacial score (nSPS) is 15.1. The quantitative estimate of drug-likeness (QED) is 0.759. The molecule has 2 aromatic heterocycles. The largest absolute Gasteiger partial charge is 0.382 e. The lowest BCUT2D eigenvalue weighted by Crippen LogP contribution is -2.43. The van der Waals surface area contributed by atoms with Crippen molar-refractivity contribution in [2.24, 2.45) is 0 Å². The summed E-state index contributed by atoms with van der Waals surface area (Å²) in [5.74, 6) is 0.120. The highest BCUT2D eigenvalue weighted by atomic mass is 32.1. The van der Waals surface area contributed by atoms with Gasteiger partial charge in [0.2, 0.25) is 0 Å². The maximum absolute atomic E-state index is 12.2. The van der Waals surface area contributed by atoms with Crippen LogP contribution in [0.15, 0.2) is 11.7 Å². The van der Waals surface area contributed by atoms with Crippen LogP contribution in [0.1, 0.15) is 14.5 Å². The molecule has 0 bridgehead atoms. The van der Waals surface area contributed by atoms with E-state index in [1.54, 1.807) is 11.7 Å². The fourth-order valence-corrected chi connectivity index (χ4v) is 3.54. The monoisotopic (exact) mass is 324 g/mol. The van der Waals surface area contributed by atoms with Crippen molar-refractivity contribution in [2.75, 3.05) is 36.8 Å². The summed E-state index contributed by atoms with van der Waals surface area (Å²) in [5, 5.41) is 6.95. The Morgan fingerprint density at radius 1 is 1.48 bits per heavy atom. The number of aromatic nitrogens is 2. The molecule has 1 aliphatic rings. The number of nitrogens with one attached hydrogen (secondary N) is 2. The molecule has 7 nitrogen and oxygen atoms in total. The average Bonchev–Trinajstić information content (AvgIpc) is 3.15. The summed E-state index contributed by atoms with van der Waals surface area (Å²) in [7, 11) is 0. The highest BCUT2D eigenvalue weighted by Gasteiger charge is 2.20. The summed E-state index contributed by atoms with van der Waals surface area (Å²) < 4.78 is 0. The van der Waals surface area contributed by atoms with Crippen molar-refractivity contribution < 1.29 is 4.79 Å². The summed E-state index contributed by atoms with van der Waals surface area (Å²) in [6, 6.07) is 0. The zero-order valence-electron chi connectivity index (χ0n) is 11.3. The molecule has 0 atom stereocenters. The van der Waals surface area contributed by atoms with Gasteiger partial charge in [-0.1, -0.05) is 11.3 Å². The minimum Gasteiger partial charge on any atom is -0.382 e. The third-order valence-electron chi connectivity index (χ3n) is 3.14. The van der Waals surface area contributed by atoms with Crippen LogP contribution in [0.3, 0.4) is 0 Å². The fourth-order valence-electron chi connectivity index (χ4n) is 2.05. The van der Waals surface area contributed by atoms with E-state index in [4.69, 9.17) is 5.73 Å². The van der Waals surface area contributed by atoms with Crippen LogP contribution >= 0.6 is 22.7 Å². The van der Waals surface area contributed by atoms with Crippen molar-refractivity contribution in [3.8, 4) is 0 Å². The first-order valence-corrected chi connectivity index (χ1v) is 8.31. The van der Waals surface area contributed by atoms with Crippen molar-refractivity contribution in [1.29, 1.82) is 0 Å². The molecular weight excluding hydrogens is 308 g/mol. The first-order chi connectivity index (χ1) is 10.2. The van der Waals surface area contributed by atoms with Gasteiger partial charge in [0.05, 0.1) is 12.1 Å². The van der Waals surface area contributed by atoms with Crippen LogP contribution < -0.4 is 21.3 Å². The van der Waals surface area contributed by atoms with Crippen molar-refractivity contribution in [2.45, 2.75) is 6.54 Å². The van der Waals surface area contributed by atoms with E-state index in [2.05, 4.69) is 25.5 Å². The van der Waals surface area contributed by atoms with Gasteiger partial charge in [0, 0.05) is 37.3 Å². The molecule has 21 heavy (non-hydrogen) atoms. The van der Waals surface area contributed by atoms with Crippen LogP contribution in [0, 0.1) is 0 Å². The van der Waals surface area contributed by atoms with E-state index in [1.807, 2.05) is 0 Å². The predicted molar refractivity (Wildman–Crippen MR) is 84.9 cm³/mol. The van der Waals surface area contributed by atoms with Gasteiger partial charge in [0.25, 0.3) is 5.91 Å². The Balaban J connectivity index is 1.66. The molecule has 0 aliphatic carbocycles. The number of nitrogens with two attached hydrogens (primary N) is 1. The maximum atomic E-state index is 12.2. The van der Waals surface area contributed by atoms with Crippen molar-refractivity contribution >= 4 is 39.5 Å². The van der Waals surface area contributed by atoms with Gasteiger partial charge in [-0.3, -0.25) is 9.78 Å². The van der Waals surface area contributed by atoms with Gasteiger partial charge in [-0.25, -0.2) is 4.98 Å². The molecule has 0 saturated carbocycles. The first-order valence-electron chi connectivity index (χ1n) is 6.61. The smallest absolute Gasteiger partial charge is 0.265 e. The second kappa shape index (κ2) is 6.37. The SMILES string of the molecule is Nc1nc(N2CCNCC2)sc1C(=O)NCc1cncs1. The number of amides is 1. The standard InChI is InChI=1S/C12H16N6OS2/c13-10-9(11(19)16-6-8-5-15-7-20-8)21-12(17-10)18-3-1-14-2-4-18/h5,7,14H,1-4,6,13H2,(H,16,19). The van der Waals surface area contributed by atoms with E-state index in [1.165, 1.54) is 22.7 Å². The molecule has 0 unspecified atom stereocenters. The Hall–Kier alpha value is -1.71. The maximum Gasteiger partial charge on any atom is 0.265 e. The number of anilines is 2. The molecule has 0 radical (unpaired) electrons. The lowest BCUT2D eigenvalue weighted by Gasteiger charge is -2.26. The molecule has 1 fully saturated rings. The van der Waals surface area contributed by atoms with Gasteiger partial charge in [0.15, 0.2) is 5.13 Å². The summed E-state index contributed by atoms with van der Waals surface area (Å²) in [6.07, 6.45) is 1.74. The summed E-state index contributed by atoms with van der Waals surface area (Å²) in [4.78, 5) is 24.1. The number of carbonyl (C=O) groups is 1. The molecule has 9 heteroatoms. The molecule has 1 amide bonds. The van der Waals surface area contributed by atoms with Gasteiger partial charge in [-0.05, 0) is 0 Å². The topological polar surface area (TPSA) is 96.2 Å². The number of hydrogen-bond acceptors (Lipinski definition) is 8. The molecule has 1 aliphatic heterocycles. The molecular formula is C12H16N6OS2. The number of piperazine rings is 1. The van der Waals surface area contributed by atoms with Gasteiger partial charge in [-0.2, -0.15) is 0 Å². The molecule has 3 heterocycles. The minimum absolute atomic E-state index is 0.181. The van der Waals surface area contributed by atoms with Crippen molar-refractivity contribution in [3.05, 3.63) is 21.5 Å². The van der Waals surface area contributed by atoms with Crippen molar-refractivity contribution in [3.63, 3.8) is 0 Å².